The van der Waals surface area contributed by atoms with Gasteiger partial charge in [0.2, 0.25) is 11.8 Å². The maximum atomic E-state index is 12.7. The van der Waals surface area contributed by atoms with E-state index >= 15 is 0 Å². The number of aromatic carboxylic acids is 1. The molecule has 4 N–H and O–H groups in total. The summed E-state index contributed by atoms with van der Waals surface area (Å²) in [6.45, 7) is 1.28. The van der Waals surface area contributed by atoms with Crippen molar-refractivity contribution in [1.82, 2.24) is 10.6 Å². The van der Waals surface area contributed by atoms with E-state index in [-0.39, 0.29) is 18.4 Å². The third-order valence-electron chi connectivity index (χ3n) is 4.23. The number of carboxylic acid groups (broad SMARTS) is 2. The number of carboxylic acids is 2. The molecule has 0 unspecified atom stereocenters. The molecule has 0 spiro atoms. The predicted molar refractivity (Wildman–Crippen MR) is 104 cm³/mol. The summed E-state index contributed by atoms with van der Waals surface area (Å²) < 4.78 is 0. The van der Waals surface area contributed by atoms with Crippen LogP contribution in [0.3, 0.4) is 0 Å². The lowest BCUT2D eigenvalue weighted by Crippen LogP contribution is -2.52. The third kappa shape index (κ3) is 6.76. The molecule has 0 bridgehead atoms. The molecule has 0 fully saturated rings. The highest BCUT2D eigenvalue weighted by molar-refractivity contribution is 5.90. The van der Waals surface area contributed by atoms with Gasteiger partial charge in [0.15, 0.2) is 0 Å². The van der Waals surface area contributed by atoms with Crippen molar-refractivity contribution >= 4 is 23.8 Å². The number of hydrogen-bond donors (Lipinski definition) is 4. The molecule has 0 aliphatic rings. The monoisotopic (exact) mass is 398 g/mol. The molecule has 0 radical (unpaired) electrons. The van der Waals surface area contributed by atoms with Gasteiger partial charge in [0.1, 0.15) is 12.1 Å². The van der Waals surface area contributed by atoms with Gasteiger partial charge in [-0.2, -0.15) is 0 Å². The number of hydrogen-bond acceptors (Lipinski definition) is 4. The van der Waals surface area contributed by atoms with Crippen molar-refractivity contribution in [2.24, 2.45) is 0 Å². The van der Waals surface area contributed by atoms with Crippen LogP contribution in [0.1, 0.15) is 28.4 Å². The van der Waals surface area contributed by atoms with E-state index in [9.17, 15) is 24.3 Å². The third-order valence-corrected chi connectivity index (χ3v) is 4.23. The van der Waals surface area contributed by atoms with E-state index in [4.69, 9.17) is 5.11 Å². The second-order valence-corrected chi connectivity index (χ2v) is 6.55. The van der Waals surface area contributed by atoms with Crippen LogP contribution in [-0.2, 0) is 27.2 Å². The lowest BCUT2D eigenvalue weighted by molar-refractivity contribution is -0.142. The molecule has 0 heterocycles. The van der Waals surface area contributed by atoms with Crippen LogP contribution in [0, 0.1) is 0 Å². The summed E-state index contributed by atoms with van der Waals surface area (Å²) in [6.07, 6.45) is 0.186. The molecule has 0 saturated heterocycles. The van der Waals surface area contributed by atoms with Crippen LogP contribution in [0.15, 0.2) is 54.6 Å². The Hall–Kier alpha value is -3.68. The van der Waals surface area contributed by atoms with Crippen molar-refractivity contribution in [2.75, 3.05) is 0 Å². The van der Waals surface area contributed by atoms with Crippen LogP contribution in [-0.4, -0.2) is 46.0 Å². The smallest absolute Gasteiger partial charge is 0.335 e. The zero-order chi connectivity index (χ0) is 21.4. The highest BCUT2D eigenvalue weighted by Gasteiger charge is 2.26. The summed E-state index contributed by atoms with van der Waals surface area (Å²) in [5.74, 6) is -3.34. The van der Waals surface area contributed by atoms with Gasteiger partial charge in [0.05, 0.1) is 5.56 Å². The summed E-state index contributed by atoms with van der Waals surface area (Å²) in [6, 6.07) is 12.6. The van der Waals surface area contributed by atoms with Gasteiger partial charge in [-0.25, -0.2) is 9.59 Å². The Balaban J connectivity index is 2.11. The van der Waals surface area contributed by atoms with E-state index in [1.54, 1.807) is 24.3 Å². The van der Waals surface area contributed by atoms with Crippen molar-refractivity contribution in [1.29, 1.82) is 0 Å². The van der Waals surface area contributed by atoms with Crippen LogP contribution in [0.4, 0.5) is 0 Å². The first-order chi connectivity index (χ1) is 13.8. The number of benzene rings is 2. The lowest BCUT2D eigenvalue weighted by Gasteiger charge is -2.21. The molecule has 152 valence electrons. The quantitative estimate of drug-likeness (QED) is 0.502. The fraction of sp³-hybridized carbons (Fsp3) is 0.238. The van der Waals surface area contributed by atoms with E-state index in [1.807, 2.05) is 6.07 Å². The number of aliphatic carboxylic acids is 1. The average molecular weight is 398 g/mol. The van der Waals surface area contributed by atoms with Crippen molar-refractivity contribution < 1.29 is 29.4 Å². The summed E-state index contributed by atoms with van der Waals surface area (Å²) >= 11 is 0. The Morgan fingerprint density at radius 3 is 1.86 bits per heavy atom. The van der Waals surface area contributed by atoms with Gasteiger partial charge in [-0.05, 0) is 23.3 Å². The summed E-state index contributed by atoms with van der Waals surface area (Å²) in [4.78, 5) is 46.7. The largest absolute Gasteiger partial charge is 0.480 e. The molecule has 29 heavy (non-hydrogen) atoms. The van der Waals surface area contributed by atoms with Gasteiger partial charge in [0, 0.05) is 19.8 Å². The molecule has 0 aromatic heterocycles. The minimum atomic E-state index is -1.23. The van der Waals surface area contributed by atoms with Crippen molar-refractivity contribution in [3.8, 4) is 0 Å². The molecule has 2 aromatic carbocycles. The fourth-order valence-electron chi connectivity index (χ4n) is 2.80. The fourth-order valence-corrected chi connectivity index (χ4v) is 2.80. The van der Waals surface area contributed by atoms with Gasteiger partial charge < -0.3 is 20.8 Å². The summed E-state index contributed by atoms with van der Waals surface area (Å²) in [5, 5.41) is 23.4. The second-order valence-electron chi connectivity index (χ2n) is 6.55. The summed E-state index contributed by atoms with van der Waals surface area (Å²) in [5.41, 5.74) is 1.46. The minimum Gasteiger partial charge on any atom is -0.480 e. The maximum Gasteiger partial charge on any atom is 0.335 e. The van der Waals surface area contributed by atoms with Crippen LogP contribution in [0.2, 0.25) is 0 Å². The Kier molecular flexibility index (Phi) is 7.47. The molecular formula is C21H22N2O6. The highest BCUT2D eigenvalue weighted by atomic mass is 16.4. The van der Waals surface area contributed by atoms with Crippen LogP contribution in [0.25, 0.3) is 0 Å². The number of nitrogens with one attached hydrogen (secondary N) is 2. The van der Waals surface area contributed by atoms with E-state index in [2.05, 4.69) is 10.6 Å². The molecule has 2 amide bonds. The second kappa shape index (κ2) is 10.0. The Bertz CT molecular complexity index is 880. The number of amides is 2. The van der Waals surface area contributed by atoms with Gasteiger partial charge in [0.25, 0.3) is 0 Å². The molecule has 2 rings (SSSR count). The molecular weight excluding hydrogens is 376 g/mol. The molecule has 0 aliphatic heterocycles. The van der Waals surface area contributed by atoms with Gasteiger partial charge in [-0.3, -0.25) is 9.59 Å². The van der Waals surface area contributed by atoms with Gasteiger partial charge in [-0.15, -0.1) is 0 Å². The number of rotatable bonds is 9. The lowest BCUT2D eigenvalue weighted by atomic mass is 10.0. The van der Waals surface area contributed by atoms with E-state index in [0.717, 1.165) is 5.56 Å². The number of carbonyl (C=O) groups is 4. The van der Waals surface area contributed by atoms with E-state index < -0.39 is 35.8 Å². The average Bonchev–Trinajstić information content (AvgIpc) is 2.67. The maximum absolute atomic E-state index is 12.7. The zero-order valence-corrected chi connectivity index (χ0v) is 15.8. The molecule has 2 atom stereocenters. The molecule has 8 heteroatoms. The first-order valence-electron chi connectivity index (χ1n) is 8.92. The normalized spacial score (nSPS) is 12.4. The van der Waals surface area contributed by atoms with Crippen molar-refractivity contribution in [2.45, 2.75) is 31.8 Å². The van der Waals surface area contributed by atoms with Crippen LogP contribution >= 0.6 is 0 Å². The number of carbonyl (C=O) groups excluding carboxylic acids is 2. The Morgan fingerprint density at radius 1 is 0.793 bits per heavy atom. The molecule has 2 aromatic rings. The summed E-state index contributed by atoms with van der Waals surface area (Å²) in [7, 11) is 0. The Labute approximate surface area is 167 Å². The Morgan fingerprint density at radius 2 is 1.34 bits per heavy atom. The topological polar surface area (TPSA) is 133 Å². The first kappa shape index (κ1) is 21.6. The van der Waals surface area contributed by atoms with E-state index in [1.165, 1.54) is 31.2 Å². The highest BCUT2D eigenvalue weighted by Crippen LogP contribution is 2.09. The first-order valence-corrected chi connectivity index (χ1v) is 8.92. The van der Waals surface area contributed by atoms with Gasteiger partial charge >= 0.3 is 11.9 Å². The molecule has 0 aliphatic carbocycles. The zero-order valence-electron chi connectivity index (χ0n) is 15.8. The minimum absolute atomic E-state index is 0.0287. The van der Waals surface area contributed by atoms with Crippen LogP contribution < -0.4 is 10.6 Å². The molecule has 8 nitrogen and oxygen atoms in total. The standard InChI is InChI=1S/C21H22N2O6/c1-13(24)22-17(11-14-5-3-2-4-6-14)19(25)23-18(21(28)29)12-15-7-9-16(10-8-15)20(26)27/h2-10,17-18H,11-12H2,1H3,(H,22,24)(H,23,25)(H,26,27)(H,28,29)/t17-,18+/m0/s1. The SMILES string of the molecule is CC(=O)N[C@@H](Cc1ccccc1)C(=O)N[C@H](Cc1ccc(C(=O)O)cc1)C(=O)O. The van der Waals surface area contributed by atoms with Gasteiger partial charge in [-0.1, -0.05) is 42.5 Å². The van der Waals surface area contributed by atoms with Crippen LogP contribution in [0.5, 0.6) is 0 Å². The van der Waals surface area contributed by atoms with Crippen molar-refractivity contribution in [3.63, 3.8) is 0 Å². The van der Waals surface area contributed by atoms with E-state index in [0.29, 0.717) is 5.56 Å². The molecule has 0 saturated carbocycles. The predicted octanol–water partition coefficient (Wildman–Crippen LogP) is 1.24. The van der Waals surface area contributed by atoms with Crippen molar-refractivity contribution in [3.05, 3.63) is 71.3 Å².